The van der Waals surface area contributed by atoms with Gasteiger partial charge in [-0.25, -0.2) is 4.98 Å². The lowest BCUT2D eigenvalue weighted by atomic mass is 9.84. The molecular weight excluding hydrogens is 344 g/mol. The SMILES string of the molecule is Cc1ccc2cc(-c3cnc4[nH]ccc4c3C3=CCC(C#N)CC3)ccc2n1. The summed E-state index contributed by atoms with van der Waals surface area (Å²) in [4.78, 5) is 12.5. The zero-order valence-electron chi connectivity index (χ0n) is 15.7. The lowest BCUT2D eigenvalue weighted by Gasteiger charge is -2.20. The van der Waals surface area contributed by atoms with Crippen molar-refractivity contribution in [2.24, 2.45) is 5.92 Å². The van der Waals surface area contributed by atoms with Crippen LogP contribution in [0.1, 0.15) is 30.5 Å². The van der Waals surface area contributed by atoms with Gasteiger partial charge in [-0.1, -0.05) is 18.2 Å². The maximum Gasteiger partial charge on any atom is 0.137 e. The summed E-state index contributed by atoms with van der Waals surface area (Å²) in [6.45, 7) is 2.01. The summed E-state index contributed by atoms with van der Waals surface area (Å²) >= 11 is 0. The number of aryl methyl sites for hydroxylation is 1. The molecule has 0 spiro atoms. The number of pyridine rings is 2. The molecule has 1 aliphatic carbocycles. The minimum Gasteiger partial charge on any atom is -0.346 e. The van der Waals surface area contributed by atoms with Crippen LogP contribution in [0.3, 0.4) is 0 Å². The van der Waals surface area contributed by atoms with Crippen LogP contribution < -0.4 is 0 Å². The molecule has 1 atom stereocenters. The van der Waals surface area contributed by atoms with E-state index in [0.29, 0.717) is 0 Å². The third kappa shape index (κ3) is 2.76. The molecule has 3 aromatic heterocycles. The number of aromatic amines is 1. The molecule has 0 aliphatic heterocycles. The standard InChI is InChI=1S/C24H20N4/c1-15-2-5-19-12-18(8-9-22(19)28-15)21-14-27-24-20(10-11-26-24)23(21)17-6-3-16(13-25)4-7-17/h2,5-6,8-12,14,16H,3-4,7H2,1H3,(H,26,27). The summed E-state index contributed by atoms with van der Waals surface area (Å²) < 4.78 is 0. The van der Waals surface area contributed by atoms with Crippen LogP contribution in [0, 0.1) is 24.2 Å². The van der Waals surface area contributed by atoms with E-state index in [4.69, 9.17) is 0 Å². The quantitative estimate of drug-likeness (QED) is 0.489. The van der Waals surface area contributed by atoms with Gasteiger partial charge in [0.05, 0.1) is 17.5 Å². The summed E-state index contributed by atoms with van der Waals surface area (Å²) in [7, 11) is 0. The normalized spacial score (nSPS) is 16.9. The van der Waals surface area contributed by atoms with Crippen LogP contribution in [0.15, 0.2) is 54.9 Å². The van der Waals surface area contributed by atoms with Crippen molar-refractivity contribution in [1.82, 2.24) is 15.0 Å². The fourth-order valence-electron chi connectivity index (χ4n) is 4.15. The van der Waals surface area contributed by atoms with Crippen molar-refractivity contribution in [2.45, 2.75) is 26.2 Å². The first-order valence-corrected chi connectivity index (χ1v) is 9.66. The second kappa shape index (κ2) is 6.61. The number of fused-ring (bicyclic) bond motifs is 2. The zero-order valence-corrected chi connectivity index (χ0v) is 15.7. The van der Waals surface area contributed by atoms with E-state index in [0.717, 1.165) is 58.0 Å². The van der Waals surface area contributed by atoms with Crippen LogP contribution >= 0.6 is 0 Å². The van der Waals surface area contributed by atoms with E-state index in [1.807, 2.05) is 25.4 Å². The van der Waals surface area contributed by atoms with Crippen molar-refractivity contribution in [1.29, 1.82) is 5.26 Å². The van der Waals surface area contributed by atoms with Gasteiger partial charge in [0.1, 0.15) is 5.65 Å². The Bertz CT molecular complexity index is 1270. The predicted molar refractivity (Wildman–Crippen MR) is 112 cm³/mol. The number of nitrogens with one attached hydrogen (secondary N) is 1. The van der Waals surface area contributed by atoms with Crippen LogP contribution in [-0.4, -0.2) is 15.0 Å². The molecule has 0 saturated heterocycles. The highest BCUT2D eigenvalue weighted by Crippen LogP contribution is 2.39. The Balaban J connectivity index is 1.71. The highest BCUT2D eigenvalue weighted by atomic mass is 14.8. The second-order valence-electron chi connectivity index (χ2n) is 7.48. The van der Waals surface area contributed by atoms with Crippen LogP contribution in [0.25, 0.3) is 38.6 Å². The first kappa shape index (κ1) is 16.7. The molecule has 4 nitrogen and oxygen atoms in total. The first-order valence-electron chi connectivity index (χ1n) is 9.66. The molecule has 4 heteroatoms. The van der Waals surface area contributed by atoms with Crippen molar-refractivity contribution >= 4 is 27.5 Å². The van der Waals surface area contributed by atoms with Gasteiger partial charge >= 0.3 is 0 Å². The largest absolute Gasteiger partial charge is 0.346 e. The van der Waals surface area contributed by atoms with Crippen LogP contribution in [0.5, 0.6) is 0 Å². The van der Waals surface area contributed by atoms with Gasteiger partial charge in [-0.3, -0.25) is 4.98 Å². The molecule has 3 heterocycles. The monoisotopic (exact) mass is 364 g/mol. The minimum atomic E-state index is 0.130. The van der Waals surface area contributed by atoms with Crippen molar-refractivity contribution in [2.75, 3.05) is 0 Å². The number of benzene rings is 1. The molecule has 0 saturated carbocycles. The van der Waals surface area contributed by atoms with E-state index in [9.17, 15) is 5.26 Å². The van der Waals surface area contributed by atoms with E-state index in [1.165, 1.54) is 11.1 Å². The number of hydrogen-bond acceptors (Lipinski definition) is 3. The smallest absolute Gasteiger partial charge is 0.137 e. The molecule has 28 heavy (non-hydrogen) atoms. The Kier molecular flexibility index (Phi) is 3.95. The predicted octanol–water partition coefficient (Wildman–Crippen LogP) is 5.79. The molecule has 0 fully saturated rings. The lowest BCUT2D eigenvalue weighted by Crippen LogP contribution is -2.04. The van der Waals surface area contributed by atoms with Gasteiger partial charge in [0.15, 0.2) is 0 Å². The molecule has 136 valence electrons. The third-order valence-corrected chi connectivity index (χ3v) is 5.64. The summed E-state index contributed by atoms with van der Waals surface area (Å²) in [5.41, 5.74) is 7.77. The Morgan fingerprint density at radius 1 is 1.18 bits per heavy atom. The molecule has 1 aliphatic rings. The maximum atomic E-state index is 9.24. The molecule has 0 radical (unpaired) electrons. The molecule has 1 aromatic carbocycles. The van der Waals surface area contributed by atoms with E-state index in [2.05, 4.69) is 57.4 Å². The van der Waals surface area contributed by atoms with Crippen molar-refractivity contribution < 1.29 is 0 Å². The fourth-order valence-corrected chi connectivity index (χ4v) is 4.15. The van der Waals surface area contributed by atoms with E-state index in [1.54, 1.807) is 0 Å². The number of H-pyrrole nitrogens is 1. The van der Waals surface area contributed by atoms with Gasteiger partial charge in [-0.05, 0) is 67.2 Å². The molecule has 5 rings (SSSR count). The van der Waals surface area contributed by atoms with Crippen molar-refractivity contribution in [3.05, 3.63) is 66.1 Å². The van der Waals surface area contributed by atoms with E-state index >= 15 is 0 Å². The highest BCUT2D eigenvalue weighted by molar-refractivity contribution is 5.99. The highest BCUT2D eigenvalue weighted by Gasteiger charge is 2.20. The molecule has 1 N–H and O–H groups in total. The summed E-state index contributed by atoms with van der Waals surface area (Å²) in [6.07, 6.45) is 8.81. The Morgan fingerprint density at radius 2 is 2.11 bits per heavy atom. The summed E-state index contributed by atoms with van der Waals surface area (Å²) in [6, 6.07) is 15.1. The second-order valence-corrected chi connectivity index (χ2v) is 7.48. The number of hydrogen-bond donors (Lipinski definition) is 1. The third-order valence-electron chi connectivity index (χ3n) is 5.64. The van der Waals surface area contributed by atoms with Gasteiger partial charge in [0, 0.05) is 34.4 Å². The summed E-state index contributed by atoms with van der Waals surface area (Å²) in [5.74, 6) is 0.130. The van der Waals surface area contributed by atoms with Crippen LogP contribution in [0.2, 0.25) is 0 Å². The Hall–Kier alpha value is -3.45. The van der Waals surface area contributed by atoms with Gasteiger partial charge in [0.25, 0.3) is 0 Å². The fraction of sp³-hybridized carbons (Fsp3) is 0.208. The number of nitriles is 1. The van der Waals surface area contributed by atoms with Gasteiger partial charge in [-0.2, -0.15) is 5.26 Å². The van der Waals surface area contributed by atoms with E-state index in [-0.39, 0.29) is 5.92 Å². The molecular formula is C24H20N4. The number of nitrogens with zero attached hydrogens (tertiary/aromatic N) is 3. The van der Waals surface area contributed by atoms with Crippen LogP contribution in [-0.2, 0) is 0 Å². The number of aromatic nitrogens is 3. The maximum absolute atomic E-state index is 9.24. The molecule has 0 bridgehead atoms. The Morgan fingerprint density at radius 3 is 2.93 bits per heavy atom. The van der Waals surface area contributed by atoms with Gasteiger partial charge in [0.2, 0.25) is 0 Å². The number of rotatable bonds is 2. The van der Waals surface area contributed by atoms with Crippen LogP contribution in [0.4, 0.5) is 0 Å². The number of allylic oxidation sites excluding steroid dienone is 2. The molecule has 0 amide bonds. The summed E-state index contributed by atoms with van der Waals surface area (Å²) in [5, 5.41) is 11.5. The van der Waals surface area contributed by atoms with Crippen molar-refractivity contribution in [3.8, 4) is 17.2 Å². The van der Waals surface area contributed by atoms with E-state index < -0.39 is 0 Å². The van der Waals surface area contributed by atoms with Gasteiger partial charge < -0.3 is 4.98 Å². The Labute approximate surface area is 163 Å². The lowest BCUT2D eigenvalue weighted by molar-refractivity contribution is 0.605. The first-order chi connectivity index (χ1) is 13.7. The average molecular weight is 364 g/mol. The van der Waals surface area contributed by atoms with Gasteiger partial charge in [-0.15, -0.1) is 0 Å². The topological polar surface area (TPSA) is 65.4 Å². The zero-order chi connectivity index (χ0) is 19.1. The molecule has 1 unspecified atom stereocenters. The molecule has 4 aromatic rings. The minimum absolute atomic E-state index is 0.130. The average Bonchev–Trinajstić information content (AvgIpc) is 3.21. The van der Waals surface area contributed by atoms with Crippen molar-refractivity contribution in [3.63, 3.8) is 0 Å².